The van der Waals surface area contributed by atoms with Crippen LogP contribution in [0.25, 0.3) is 0 Å². The average Bonchev–Trinajstić information content (AvgIpc) is 2.70. The number of hydrogen-bond donors (Lipinski definition) is 1. The van der Waals surface area contributed by atoms with Gasteiger partial charge in [-0.05, 0) is 35.4 Å². The number of benzene rings is 2. The number of rotatable bonds is 7. The van der Waals surface area contributed by atoms with Gasteiger partial charge in [0.1, 0.15) is 0 Å². The zero-order chi connectivity index (χ0) is 19.1. The summed E-state index contributed by atoms with van der Waals surface area (Å²) in [5.41, 5.74) is 3.35. The average molecular weight is 425 g/mol. The molecule has 1 amide bonds. The van der Waals surface area contributed by atoms with E-state index >= 15 is 0 Å². The van der Waals surface area contributed by atoms with Crippen LogP contribution < -0.4 is 10.2 Å². The number of thioether (sulfide) groups is 1. The van der Waals surface area contributed by atoms with E-state index in [2.05, 4.69) is 34.5 Å². The second-order valence-corrected chi connectivity index (χ2v) is 8.08. The van der Waals surface area contributed by atoms with E-state index in [1.54, 1.807) is 17.8 Å². The number of morpholine rings is 1. The molecular weight excluding hydrogens is 403 g/mol. The van der Waals surface area contributed by atoms with E-state index in [1.165, 1.54) is 5.69 Å². The van der Waals surface area contributed by atoms with Crippen LogP contribution in [0.4, 0.5) is 5.69 Å². The molecule has 1 saturated heterocycles. The number of carbonyl (C=O) groups excluding carboxylic acids is 1. The van der Waals surface area contributed by atoms with Gasteiger partial charge in [-0.1, -0.05) is 41.4 Å². The minimum atomic E-state index is 0.0253. The van der Waals surface area contributed by atoms with E-state index in [9.17, 15) is 4.79 Å². The second-order valence-electron chi connectivity index (χ2n) is 6.28. The van der Waals surface area contributed by atoms with Gasteiger partial charge in [-0.3, -0.25) is 4.79 Å². The van der Waals surface area contributed by atoms with Crippen molar-refractivity contribution in [1.29, 1.82) is 0 Å². The van der Waals surface area contributed by atoms with Crippen molar-refractivity contribution in [1.82, 2.24) is 5.32 Å². The van der Waals surface area contributed by atoms with Crippen molar-refractivity contribution in [2.24, 2.45) is 0 Å². The van der Waals surface area contributed by atoms with Gasteiger partial charge in [0.2, 0.25) is 5.91 Å². The van der Waals surface area contributed by atoms with E-state index in [0.717, 1.165) is 43.2 Å². The van der Waals surface area contributed by atoms with Gasteiger partial charge in [0.15, 0.2) is 0 Å². The predicted octanol–water partition coefficient (Wildman–Crippen LogP) is 4.38. The van der Waals surface area contributed by atoms with E-state index in [0.29, 0.717) is 22.3 Å². The van der Waals surface area contributed by atoms with Gasteiger partial charge in [-0.2, -0.15) is 0 Å². The third kappa shape index (κ3) is 6.32. The molecule has 0 atom stereocenters. The van der Waals surface area contributed by atoms with Gasteiger partial charge < -0.3 is 15.0 Å². The Morgan fingerprint density at radius 2 is 1.74 bits per heavy atom. The summed E-state index contributed by atoms with van der Waals surface area (Å²) in [5, 5.41) is 4.05. The molecule has 1 fully saturated rings. The normalized spacial score (nSPS) is 14.2. The van der Waals surface area contributed by atoms with Crippen molar-refractivity contribution < 1.29 is 9.53 Å². The quantitative estimate of drug-likeness (QED) is 0.715. The van der Waals surface area contributed by atoms with Crippen LogP contribution in [0.5, 0.6) is 0 Å². The fraction of sp³-hybridized carbons (Fsp3) is 0.350. The Bertz CT molecular complexity index is 765. The lowest BCUT2D eigenvalue weighted by molar-refractivity contribution is -0.118. The highest BCUT2D eigenvalue weighted by Crippen LogP contribution is 2.24. The third-order valence-corrected chi connectivity index (χ3v) is 6.03. The molecule has 0 aromatic heterocycles. The zero-order valence-corrected chi connectivity index (χ0v) is 17.2. The molecule has 7 heteroatoms. The van der Waals surface area contributed by atoms with Crippen molar-refractivity contribution in [3.63, 3.8) is 0 Å². The van der Waals surface area contributed by atoms with Gasteiger partial charge in [-0.15, -0.1) is 11.8 Å². The van der Waals surface area contributed by atoms with Crippen molar-refractivity contribution in [2.45, 2.75) is 12.3 Å². The van der Waals surface area contributed by atoms with Crippen LogP contribution in [0, 0.1) is 0 Å². The standard InChI is InChI=1S/C20H22Cl2N2O2S/c21-18-6-3-16(11-19(18)22)13-27-14-20(25)23-12-15-1-4-17(5-2-15)24-7-9-26-10-8-24/h1-6,11H,7-10,12-14H2,(H,23,25). The van der Waals surface area contributed by atoms with Crippen molar-refractivity contribution in [2.75, 3.05) is 37.0 Å². The molecule has 0 saturated carbocycles. The molecule has 27 heavy (non-hydrogen) atoms. The SMILES string of the molecule is O=C(CSCc1ccc(Cl)c(Cl)c1)NCc1ccc(N2CCOCC2)cc1. The highest BCUT2D eigenvalue weighted by Gasteiger charge is 2.11. The maximum atomic E-state index is 12.0. The van der Waals surface area contributed by atoms with Crippen LogP contribution in [0.3, 0.4) is 0 Å². The largest absolute Gasteiger partial charge is 0.378 e. The smallest absolute Gasteiger partial charge is 0.230 e. The Labute approximate surface area is 174 Å². The summed E-state index contributed by atoms with van der Waals surface area (Å²) in [6, 6.07) is 13.9. The predicted molar refractivity (Wildman–Crippen MR) is 114 cm³/mol. The molecule has 3 rings (SSSR count). The topological polar surface area (TPSA) is 41.6 Å². The molecule has 2 aromatic carbocycles. The lowest BCUT2D eigenvalue weighted by Crippen LogP contribution is -2.36. The summed E-state index contributed by atoms with van der Waals surface area (Å²) in [5.74, 6) is 1.15. The first kappa shape index (κ1) is 20.3. The Morgan fingerprint density at radius 1 is 1.04 bits per heavy atom. The van der Waals surface area contributed by atoms with E-state index in [-0.39, 0.29) is 5.91 Å². The van der Waals surface area contributed by atoms with E-state index in [1.807, 2.05) is 12.1 Å². The molecule has 1 heterocycles. The minimum absolute atomic E-state index is 0.0253. The number of halogens is 2. The molecule has 1 aliphatic heterocycles. The van der Waals surface area contributed by atoms with Gasteiger partial charge in [0.05, 0.1) is 29.0 Å². The number of anilines is 1. The van der Waals surface area contributed by atoms with Crippen LogP contribution in [-0.4, -0.2) is 38.0 Å². The Balaban J connectivity index is 1.39. The third-order valence-electron chi connectivity index (χ3n) is 4.29. The maximum absolute atomic E-state index is 12.0. The van der Waals surface area contributed by atoms with Gasteiger partial charge >= 0.3 is 0 Å². The number of hydrogen-bond acceptors (Lipinski definition) is 4. The van der Waals surface area contributed by atoms with Crippen LogP contribution >= 0.6 is 35.0 Å². The molecule has 2 aromatic rings. The van der Waals surface area contributed by atoms with Crippen molar-refractivity contribution in [3.05, 3.63) is 63.6 Å². The number of nitrogens with one attached hydrogen (secondary N) is 1. The minimum Gasteiger partial charge on any atom is -0.378 e. The van der Waals surface area contributed by atoms with Gasteiger partial charge in [-0.25, -0.2) is 0 Å². The fourth-order valence-corrected chi connectivity index (χ4v) is 3.91. The summed E-state index contributed by atoms with van der Waals surface area (Å²) in [4.78, 5) is 14.4. The van der Waals surface area contributed by atoms with Crippen LogP contribution in [0.15, 0.2) is 42.5 Å². The van der Waals surface area contributed by atoms with E-state index < -0.39 is 0 Å². The number of nitrogens with zero attached hydrogens (tertiary/aromatic N) is 1. The summed E-state index contributed by atoms with van der Waals surface area (Å²) < 4.78 is 5.38. The Kier molecular flexibility index (Phi) is 7.70. The maximum Gasteiger partial charge on any atom is 0.230 e. The highest BCUT2D eigenvalue weighted by molar-refractivity contribution is 7.99. The van der Waals surface area contributed by atoms with Crippen molar-refractivity contribution in [3.8, 4) is 0 Å². The van der Waals surface area contributed by atoms with Crippen LogP contribution in [0.1, 0.15) is 11.1 Å². The summed E-state index contributed by atoms with van der Waals surface area (Å²) in [6.07, 6.45) is 0. The summed E-state index contributed by atoms with van der Waals surface area (Å²) in [7, 11) is 0. The Morgan fingerprint density at radius 3 is 2.44 bits per heavy atom. The zero-order valence-electron chi connectivity index (χ0n) is 14.9. The molecule has 144 valence electrons. The number of amides is 1. The van der Waals surface area contributed by atoms with Crippen molar-refractivity contribution >= 4 is 46.6 Å². The Hall–Kier alpha value is -1.40. The molecule has 1 N–H and O–H groups in total. The molecule has 0 spiro atoms. The summed E-state index contributed by atoms with van der Waals surface area (Å²) in [6.45, 7) is 3.93. The van der Waals surface area contributed by atoms with Gasteiger partial charge in [0, 0.05) is 31.1 Å². The lowest BCUT2D eigenvalue weighted by Gasteiger charge is -2.28. The molecule has 4 nitrogen and oxygen atoms in total. The molecule has 0 radical (unpaired) electrons. The second kappa shape index (κ2) is 10.2. The fourth-order valence-electron chi connectivity index (χ4n) is 2.79. The van der Waals surface area contributed by atoms with Crippen LogP contribution in [0.2, 0.25) is 10.0 Å². The first-order valence-electron chi connectivity index (χ1n) is 8.82. The molecular formula is C20H22Cl2N2O2S. The summed E-state index contributed by atoms with van der Waals surface area (Å²) >= 11 is 13.5. The number of carbonyl (C=O) groups is 1. The highest BCUT2D eigenvalue weighted by atomic mass is 35.5. The first-order valence-corrected chi connectivity index (χ1v) is 10.7. The molecule has 0 unspecified atom stereocenters. The number of ether oxygens (including phenoxy) is 1. The monoisotopic (exact) mass is 424 g/mol. The molecule has 1 aliphatic rings. The lowest BCUT2D eigenvalue weighted by atomic mass is 10.2. The molecule has 0 aliphatic carbocycles. The van der Waals surface area contributed by atoms with E-state index in [4.69, 9.17) is 27.9 Å². The molecule has 0 bridgehead atoms. The first-order chi connectivity index (χ1) is 13.1. The van der Waals surface area contributed by atoms with Crippen LogP contribution in [-0.2, 0) is 21.8 Å². The van der Waals surface area contributed by atoms with Gasteiger partial charge in [0.25, 0.3) is 0 Å².